The van der Waals surface area contributed by atoms with Crippen molar-refractivity contribution < 1.29 is 9.47 Å². The van der Waals surface area contributed by atoms with Crippen molar-refractivity contribution in [2.24, 2.45) is 0 Å². The Kier molecular flexibility index (Phi) is 11.8. The molecule has 0 aliphatic carbocycles. The minimum Gasteiger partial charge on any atom is -0.379 e. The van der Waals surface area contributed by atoms with Gasteiger partial charge in [-0.3, -0.25) is 4.90 Å². The van der Waals surface area contributed by atoms with Crippen molar-refractivity contribution in [2.45, 2.75) is 58.5 Å². The molecule has 1 aliphatic rings. The van der Waals surface area contributed by atoms with Crippen LogP contribution in [0.4, 0.5) is 0 Å². The third-order valence-electron chi connectivity index (χ3n) is 3.63. The van der Waals surface area contributed by atoms with E-state index in [4.69, 9.17) is 9.47 Å². The van der Waals surface area contributed by atoms with Gasteiger partial charge in [0.25, 0.3) is 0 Å². The topological polar surface area (TPSA) is 21.7 Å². The van der Waals surface area contributed by atoms with E-state index >= 15 is 0 Å². The Balaban J connectivity index is 2.17. The van der Waals surface area contributed by atoms with Crippen LogP contribution in [0.3, 0.4) is 0 Å². The number of hydrogen-bond donors (Lipinski definition) is 0. The molecule has 3 nitrogen and oxygen atoms in total. The summed E-state index contributed by atoms with van der Waals surface area (Å²) in [6.45, 7) is 9.05. The number of rotatable bonds is 12. The van der Waals surface area contributed by atoms with E-state index in [1.54, 1.807) is 0 Å². The summed E-state index contributed by atoms with van der Waals surface area (Å²) < 4.78 is 11.5. The molecule has 0 aromatic carbocycles. The van der Waals surface area contributed by atoms with Gasteiger partial charge in [0.05, 0.1) is 26.0 Å². The first-order valence-electron chi connectivity index (χ1n) is 8.36. The number of hydrogen-bond acceptors (Lipinski definition) is 4. The first kappa shape index (κ1) is 18.3. The van der Waals surface area contributed by atoms with Gasteiger partial charge in [-0.25, -0.2) is 0 Å². The maximum atomic E-state index is 6.16. The average molecular weight is 304 g/mol. The molecule has 1 fully saturated rings. The Hall–Kier alpha value is 0.230. The van der Waals surface area contributed by atoms with Gasteiger partial charge < -0.3 is 9.47 Å². The van der Waals surface area contributed by atoms with Crippen molar-refractivity contribution in [3.05, 3.63) is 0 Å². The number of unbranched alkanes of at least 4 members (excludes halogenated alkanes) is 3. The largest absolute Gasteiger partial charge is 0.379 e. The number of nitrogens with zero attached hydrogens (tertiary/aromatic N) is 1. The summed E-state index contributed by atoms with van der Waals surface area (Å²) in [5.74, 6) is 2.41. The molecule has 1 heterocycles. The van der Waals surface area contributed by atoms with Crippen LogP contribution in [-0.2, 0) is 9.47 Å². The van der Waals surface area contributed by atoms with E-state index in [0.717, 1.165) is 38.8 Å². The molecule has 1 atom stereocenters. The average Bonchev–Trinajstić information content (AvgIpc) is 2.49. The molecule has 0 bridgehead atoms. The van der Waals surface area contributed by atoms with Crippen LogP contribution >= 0.6 is 11.8 Å². The summed E-state index contributed by atoms with van der Waals surface area (Å²) in [6.07, 6.45) is 8.26. The minimum atomic E-state index is 0.436. The Labute approximate surface area is 129 Å². The standard InChI is InChI=1S/C16H33NO2S/c1-3-5-6-7-8-16(14-20-13-4-2)19-15-17-9-11-18-12-10-17/h16H,3-15H2,1-2H3. The van der Waals surface area contributed by atoms with Gasteiger partial charge in [0, 0.05) is 18.8 Å². The number of morpholine rings is 1. The highest BCUT2D eigenvalue weighted by molar-refractivity contribution is 7.99. The second-order valence-corrected chi connectivity index (χ2v) is 6.72. The lowest BCUT2D eigenvalue weighted by atomic mass is 10.1. The first-order valence-corrected chi connectivity index (χ1v) is 9.51. The van der Waals surface area contributed by atoms with Crippen molar-refractivity contribution in [3.63, 3.8) is 0 Å². The summed E-state index contributed by atoms with van der Waals surface area (Å²) in [4.78, 5) is 2.37. The van der Waals surface area contributed by atoms with E-state index in [0.29, 0.717) is 6.10 Å². The van der Waals surface area contributed by atoms with E-state index in [1.807, 2.05) is 11.8 Å². The lowest BCUT2D eigenvalue weighted by Crippen LogP contribution is -2.39. The fourth-order valence-electron chi connectivity index (χ4n) is 2.31. The van der Waals surface area contributed by atoms with Crippen LogP contribution in [-0.4, -0.2) is 55.5 Å². The van der Waals surface area contributed by atoms with Gasteiger partial charge >= 0.3 is 0 Å². The summed E-state index contributed by atoms with van der Waals surface area (Å²) in [5, 5.41) is 0. The predicted molar refractivity (Wildman–Crippen MR) is 88.5 cm³/mol. The Morgan fingerprint density at radius 2 is 1.90 bits per heavy atom. The van der Waals surface area contributed by atoms with Gasteiger partial charge in [0.2, 0.25) is 0 Å². The van der Waals surface area contributed by atoms with Crippen molar-refractivity contribution in [3.8, 4) is 0 Å². The molecule has 1 rings (SSSR count). The van der Waals surface area contributed by atoms with E-state index < -0.39 is 0 Å². The van der Waals surface area contributed by atoms with E-state index in [2.05, 4.69) is 18.7 Å². The summed E-state index contributed by atoms with van der Waals surface area (Å²) in [6, 6.07) is 0. The molecule has 0 amide bonds. The number of thioether (sulfide) groups is 1. The normalized spacial score (nSPS) is 18.3. The highest BCUT2D eigenvalue weighted by Gasteiger charge is 2.14. The van der Waals surface area contributed by atoms with Gasteiger partial charge in [-0.2, -0.15) is 11.8 Å². The first-order chi connectivity index (χ1) is 9.86. The lowest BCUT2D eigenvalue weighted by molar-refractivity contribution is -0.0566. The lowest BCUT2D eigenvalue weighted by Gasteiger charge is -2.28. The third-order valence-corrected chi connectivity index (χ3v) is 4.93. The van der Waals surface area contributed by atoms with Crippen molar-refractivity contribution in [2.75, 3.05) is 44.5 Å². The summed E-state index contributed by atoms with van der Waals surface area (Å²) in [5.41, 5.74) is 0. The molecule has 1 aliphatic heterocycles. The van der Waals surface area contributed by atoms with Crippen LogP contribution in [0.15, 0.2) is 0 Å². The van der Waals surface area contributed by atoms with Gasteiger partial charge in [0.15, 0.2) is 0 Å². The fraction of sp³-hybridized carbons (Fsp3) is 1.00. The predicted octanol–water partition coefficient (Wildman–Crippen LogP) is 3.77. The quantitative estimate of drug-likeness (QED) is 0.512. The Bertz CT molecular complexity index is 211. The monoisotopic (exact) mass is 303 g/mol. The van der Waals surface area contributed by atoms with Gasteiger partial charge in [-0.15, -0.1) is 0 Å². The molecule has 0 saturated carbocycles. The Morgan fingerprint density at radius 1 is 1.10 bits per heavy atom. The maximum Gasteiger partial charge on any atom is 0.0995 e. The molecule has 0 radical (unpaired) electrons. The second kappa shape index (κ2) is 12.9. The Morgan fingerprint density at radius 3 is 2.60 bits per heavy atom. The number of ether oxygens (including phenoxy) is 2. The second-order valence-electron chi connectivity index (χ2n) is 5.57. The zero-order valence-electron chi connectivity index (χ0n) is 13.4. The molecule has 20 heavy (non-hydrogen) atoms. The van der Waals surface area contributed by atoms with Crippen LogP contribution in [0, 0.1) is 0 Å². The maximum absolute atomic E-state index is 6.16. The van der Waals surface area contributed by atoms with E-state index in [9.17, 15) is 0 Å². The van der Waals surface area contributed by atoms with E-state index in [-0.39, 0.29) is 0 Å². The van der Waals surface area contributed by atoms with Crippen LogP contribution < -0.4 is 0 Å². The molecule has 0 aromatic heterocycles. The fourth-order valence-corrected chi connectivity index (χ4v) is 3.29. The summed E-state index contributed by atoms with van der Waals surface area (Å²) >= 11 is 2.04. The SMILES string of the molecule is CCCCCCC(CSCCC)OCN1CCOCC1. The molecule has 0 spiro atoms. The van der Waals surface area contributed by atoms with E-state index in [1.165, 1.54) is 44.3 Å². The van der Waals surface area contributed by atoms with Gasteiger partial charge in [-0.1, -0.05) is 39.5 Å². The molecule has 4 heteroatoms. The van der Waals surface area contributed by atoms with Crippen molar-refractivity contribution in [1.82, 2.24) is 4.90 Å². The molecule has 0 N–H and O–H groups in total. The van der Waals surface area contributed by atoms with Crippen LogP contribution in [0.25, 0.3) is 0 Å². The molecule has 120 valence electrons. The van der Waals surface area contributed by atoms with Crippen molar-refractivity contribution in [1.29, 1.82) is 0 Å². The highest BCUT2D eigenvalue weighted by Crippen LogP contribution is 2.15. The molecular formula is C16H33NO2S. The summed E-state index contributed by atoms with van der Waals surface area (Å²) in [7, 11) is 0. The molecule has 1 saturated heterocycles. The minimum absolute atomic E-state index is 0.436. The van der Waals surface area contributed by atoms with Crippen molar-refractivity contribution >= 4 is 11.8 Å². The molecular weight excluding hydrogens is 270 g/mol. The third kappa shape index (κ3) is 9.22. The highest BCUT2D eigenvalue weighted by atomic mass is 32.2. The van der Waals surface area contributed by atoms with Crippen LogP contribution in [0.5, 0.6) is 0 Å². The molecule has 0 aromatic rings. The zero-order chi connectivity index (χ0) is 14.5. The van der Waals surface area contributed by atoms with Crippen LogP contribution in [0.1, 0.15) is 52.4 Å². The smallest absolute Gasteiger partial charge is 0.0995 e. The van der Waals surface area contributed by atoms with Gasteiger partial charge in [0.1, 0.15) is 0 Å². The van der Waals surface area contributed by atoms with Gasteiger partial charge in [-0.05, 0) is 18.6 Å². The zero-order valence-corrected chi connectivity index (χ0v) is 14.3. The molecule has 1 unspecified atom stereocenters. The van der Waals surface area contributed by atoms with Crippen LogP contribution in [0.2, 0.25) is 0 Å².